The van der Waals surface area contributed by atoms with E-state index in [9.17, 15) is 8.42 Å². The minimum absolute atomic E-state index is 0.245. The molecule has 0 atom stereocenters. The molecule has 5 nitrogen and oxygen atoms in total. The predicted octanol–water partition coefficient (Wildman–Crippen LogP) is 2.50. The molecule has 0 radical (unpaired) electrons. The summed E-state index contributed by atoms with van der Waals surface area (Å²) < 4.78 is 28.6. The summed E-state index contributed by atoms with van der Waals surface area (Å²) in [6.07, 6.45) is 2.89. The van der Waals surface area contributed by atoms with Crippen LogP contribution in [-0.2, 0) is 16.4 Å². The number of benzene rings is 1. The molecule has 0 spiro atoms. The lowest BCUT2D eigenvalue weighted by atomic mass is 10.3. The summed E-state index contributed by atoms with van der Waals surface area (Å²) in [5, 5.41) is 3.20. The Bertz CT molecular complexity index is 714. The van der Waals surface area contributed by atoms with E-state index in [1.54, 1.807) is 24.4 Å². The van der Waals surface area contributed by atoms with Gasteiger partial charge in [-0.25, -0.2) is 8.42 Å². The first-order valence-corrected chi connectivity index (χ1v) is 8.50. The molecule has 0 bridgehead atoms. The van der Waals surface area contributed by atoms with Crippen LogP contribution in [0.4, 0.5) is 5.69 Å². The topological polar surface area (TPSA) is 68.3 Å². The number of sulfone groups is 1. The monoisotopic (exact) mass is 306 g/mol. The first kappa shape index (κ1) is 15.3. The van der Waals surface area contributed by atoms with Gasteiger partial charge in [-0.05, 0) is 37.3 Å². The summed E-state index contributed by atoms with van der Waals surface area (Å²) in [6, 6.07) is 10.2. The van der Waals surface area contributed by atoms with Gasteiger partial charge in [-0.3, -0.25) is 4.98 Å². The Kier molecular flexibility index (Phi) is 4.80. The van der Waals surface area contributed by atoms with Gasteiger partial charge in [0.25, 0.3) is 0 Å². The Labute approximate surface area is 124 Å². The Morgan fingerprint density at radius 2 is 2.05 bits per heavy atom. The van der Waals surface area contributed by atoms with Gasteiger partial charge in [0.1, 0.15) is 12.4 Å². The number of aromatic nitrogens is 1. The van der Waals surface area contributed by atoms with Crippen LogP contribution in [0, 0.1) is 0 Å². The predicted molar refractivity (Wildman–Crippen MR) is 82.3 cm³/mol. The molecule has 0 amide bonds. The highest BCUT2D eigenvalue weighted by atomic mass is 32.2. The van der Waals surface area contributed by atoms with Crippen molar-refractivity contribution in [3.8, 4) is 5.75 Å². The molecule has 21 heavy (non-hydrogen) atoms. The lowest BCUT2D eigenvalue weighted by molar-refractivity contribution is 0.300. The number of nitrogens with zero attached hydrogens (tertiary/aromatic N) is 1. The Morgan fingerprint density at radius 3 is 2.76 bits per heavy atom. The average molecular weight is 306 g/mol. The maximum absolute atomic E-state index is 11.5. The molecule has 0 aliphatic heterocycles. The molecule has 0 saturated carbocycles. The van der Waals surface area contributed by atoms with Gasteiger partial charge >= 0.3 is 0 Å². The first-order chi connectivity index (χ1) is 9.99. The van der Waals surface area contributed by atoms with Gasteiger partial charge in [-0.15, -0.1) is 0 Å². The van der Waals surface area contributed by atoms with Crippen LogP contribution >= 0.6 is 0 Å². The van der Waals surface area contributed by atoms with Crippen LogP contribution in [0.15, 0.2) is 47.5 Å². The van der Waals surface area contributed by atoms with Crippen molar-refractivity contribution in [1.82, 2.24) is 4.98 Å². The molecule has 0 saturated heterocycles. The lowest BCUT2D eigenvalue weighted by Crippen LogP contribution is -2.02. The molecule has 2 rings (SSSR count). The summed E-state index contributed by atoms with van der Waals surface area (Å²) in [5.74, 6) is 0.508. The molecule has 2 aromatic rings. The lowest BCUT2D eigenvalue weighted by Gasteiger charge is -2.08. The van der Waals surface area contributed by atoms with Crippen molar-refractivity contribution < 1.29 is 13.2 Å². The number of hydrogen-bond acceptors (Lipinski definition) is 5. The molecule has 1 aromatic carbocycles. The molecule has 112 valence electrons. The Balaban J connectivity index is 2.08. The smallest absolute Gasteiger partial charge is 0.175 e. The number of pyridine rings is 1. The van der Waals surface area contributed by atoms with Gasteiger partial charge in [0, 0.05) is 24.7 Å². The molecule has 0 unspecified atom stereocenters. The average Bonchev–Trinajstić information content (AvgIpc) is 2.45. The molecule has 0 aliphatic rings. The second-order valence-electron chi connectivity index (χ2n) is 4.60. The molecule has 1 aromatic heterocycles. The van der Waals surface area contributed by atoms with E-state index >= 15 is 0 Å². The van der Waals surface area contributed by atoms with E-state index in [1.807, 2.05) is 19.1 Å². The summed E-state index contributed by atoms with van der Waals surface area (Å²) in [4.78, 5) is 4.47. The van der Waals surface area contributed by atoms with Crippen molar-refractivity contribution in [2.75, 3.05) is 18.1 Å². The fraction of sp³-hybridized carbons (Fsp3) is 0.267. The van der Waals surface area contributed by atoms with E-state index in [1.165, 1.54) is 12.3 Å². The number of hydrogen-bond donors (Lipinski definition) is 1. The number of nitrogens with one attached hydrogen (secondary N) is 1. The molecular formula is C15H18N2O3S. The maximum Gasteiger partial charge on any atom is 0.175 e. The van der Waals surface area contributed by atoms with Crippen LogP contribution in [0.5, 0.6) is 5.75 Å². The number of rotatable bonds is 6. The molecule has 6 heteroatoms. The van der Waals surface area contributed by atoms with Crippen molar-refractivity contribution in [3.63, 3.8) is 0 Å². The van der Waals surface area contributed by atoms with Crippen LogP contribution in [0.2, 0.25) is 0 Å². The van der Waals surface area contributed by atoms with Crippen molar-refractivity contribution in [3.05, 3.63) is 48.3 Å². The van der Waals surface area contributed by atoms with Gasteiger partial charge < -0.3 is 10.1 Å². The summed E-state index contributed by atoms with van der Waals surface area (Å²) in [5.41, 5.74) is 1.76. The van der Waals surface area contributed by atoms with Crippen LogP contribution in [0.3, 0.4) is 0 Å². The van der Waals surface area contributed by atoms with Crippen LogP contribution in [-0.4, -0.2) is 26.2 Å². The second kappa shape index (κ2) is 6.58. The molecule has 0 aliphatic carbocycles. The number of ether oxygens (including phenoxy) is 1. The van der Waals surface area contributed by atoms with Crippen molar-refractivity contribution >= 4 is 15.5 Å². The quantitative estimate of drug-likeness (QED) is 0.888. The molecule has 0 fully saturated rings. The van der Waals surface area contributed by atoms with Gasteiger partial charge in [0.15, 0.2) is 9.84 Å². The fourth-order valence-corrected chi connectivity index (χ4v) is 2.48. The summed E-state index contributed by atoms with van der Waals surface area (Å²) in [6.45, 7) is 3.14. The van der Waals surface area contributed by atoms with Crippen LogP contribution < -0.4 is 10.1 Å². The highest BCUT2D eigenvalue weighted by Gasteiger charge is 2.08. The van der Waals surface area contributed by atoms with E-state index in [2.05, 4.69) is 10.3 Å². The fourth-order valence-electron chi connectivity index (χ4n) is 1.82. The minimum atomic E-state index is -3.23. The van der Waals surface area contributed by atoms with Gasteiger partial charge in [0.05, 0.1) is 10.6 Å². The third-order valence-electron chi connectivity index (χ3n) is 2.82. The van der Waals surface area contributed by atoms with E-state index in [0.717, 1.165) is 17.9 Å². The molecule has 1 heterocycles. The molecular weight excluding hydrogens is 288 g/mol. The summed E-state index contributed by atoms with van der Waals surface area (Å²) in [7, 11) is -3.23. The highest BCUT2D eigenvalue weighted by Crippen LogP contribution is 2.18. The van der Waals surface area contributed by atoms with Crippen LogP contribution in [0.25, 0.3) is 0 Å². The zero-order valence-electron chi connectivity index (χ0n) is 12.0. The van der Waals surface area contributed by atoms with Crippen LogP contribution in [0.1, 0.15) is 12.6 Å². The zero-order chi connectivity index (χ0) is 15.3. The van der Waals surface area contributed by atoms with E-state index in [4.69, 9.17) is 4.74 Å². The largest absolute Gasteiger partial charge is 0.487 e. The van der Waals surface area contributed by atoms with Gasteiger partial charge in [0.2, 0.25) is 0 Å². The standard InChI is InChI=1S/C15H18N2O3S/c1-3-16-12-7-8-17-13(9-12)11-20-14-5-4-6-15(10-14)21(2,18)19/h4-10H,3,11H2,1-2H3,(H,16,17). The van der Waals surface area contributed by atoms with Gasteiger partial charge in [-0.1, -0.05) is 6.07 Å². The van der Waals surface area contributed by atoms with Crippen molar-refractivity contribution in [1.29, 1.82) is 0 Å². The minimum Gasteiger partial charge on any atom is -0.487 e. The van der Waals surface area contributed by atoms with Crippen molar-refractivity contribution in [2.45, 2.75) is 18.4 Å². The third-order valence-corrected chi connectivity index (χ3v) is 3.93. The Hall–Kier alpha value is -2.08. The van der Waals surface area contributed by atoms with E-state index in [-0.39, 0.29) is 11.5 Å². The van der Waals surface area contributed by atoms with E-state index < -0.39 is 9.84 Å². The SMILES string of the molecule is CCNc1ccnc(COc2cccc(S(C)(=O)=O)c2)c1. The first-order valence-electron chi connectivity index (χ1n) is 6.61. The maximum atomic E-state index is 11.5. The Morgan fingerprint density at radius 1 is 1.24 bits per heavy atom. The van der Waals surface area contributed by atoms with E-state index in [0.29, 0.717) is 5.75 Å². The molecule has 1 N–H and O–H groups in total. The normalized spacial score (nSPS) is 11.1. The number of anilines is 1. The second-order valence-corrected chi connectivity index (χ2v) is 6.62. The zero-order valence-corrected chi connectivity index (χ0v) is 12.9. The van der Waals surface area contributed by atoms with Crippen molar-refractivity contribution in [2.24, 2.45) is 0 Å². The summed E-state index contributed by atoms with van der Waals surface area (Å²) >= 11 is 0. The highest BCUT2D eigenvalue weighted by molar-refractivity contribution is 7.90. The van der Waals surface area contributed by atoms with Gasteiger partial charge in [-0.2, -0.15) is 0 Å². The third kappa shape index (κ3) is 4.46.